The minimum Gasteiger partial charge on any atom is -0.339 e. The summed E-state index contributed by atoms with van der Waals surface area (Å²) in [4.78, 5) is 4.04. The number of hydrogen-bond donors (Lipinski definition) is 1. The van der Waals surface area contributed by atoms with Crippen molar-refractivity contribution in [2.45, 2.75) is 13.3 Å². The third kappa shape index (κ3) is 2.94. The molecule has 0 aliphatic heterocycles. The van der Waals surface area contributed by atoms with E-state index in [1.807, 2.05) is 36.4 Å². The summed E-state index contributed by atoms with van der Waals surface area (Å²) in [5.74, 6) is 1.55. The normalized spacial score (nSPS) is 10.9. The molecule has 0 bridgehead atoms. The first kappa shape index (κ1) is 14.3. The lowest BCUT2D eigenvalue weighted by Gasteiger charge is -2.07. The fourth-order valence-electron chi connectivity index (χ4n) is 2.56. The fraction of sp³-hybridized carbons (Fsp3) is 0.111. The molecule has 4 rings (SSSR count). The van der Waals surface area contributed by atoms with Crippen LogP contribution in [0.1, 0.15) is 17.0 Å². The van der Waals surface area contributed by atoms with E-state index in [1.165, 1.54) is 5.56 Å². The van der Waals surface area contributed by atoms with Crippen LogP contribution in [0.25, 0.3) is 5.65 Å². The topological polar surface area (TPSA) is 68.0 Å². The van der Waals surface area contributed by atoms with Crippen molar-refractivity contribution in [1.82, 2.24) is 24.8 Å². The Morgan fingerprint density at radius 3 is 2.71 bits per heavy atom. The Kier molecular flexibility index (Phi) is 3.63. The second-order valence-electron chi connectivity index (χ2n) is 5.63. The van der Waals surface area contributed by atoms with Crippen molar-refractivity contribution in [1.29, 1.82) is 0 Å². The second kappa shape index (κ2) is 6.08. The average molecular weight is 316 g/mol. The van der Waals surface area contributed by atoms with Gasteiger partial charge in [0.25, 0.3) is 0 Å². The van der Waals surface area contributed by atoms with Crippen LogP contribution in [0.5, 0.6) is 0 Å². The molecule has 1 aromatic carbocycles. The summed E-state index contributed by atoms with van der Waals surface area (Å²) in [5, 5.41) is 16.4. The molecule has 118 valence electrons. The summed E-state index contributed by atoms with van der Waals surface area (Å²) in [6, 6.07) is 15.9. The van der Waals surface area contributed by atoms with E-state index >= 15 is 0 Å². The maximum absolute atomic E-state index is 4.62. The van der Waals surface area contributed by atoms with Crippen LogP contribution >= 0.6 is 0 Å². The lowest BCUT2D eigenvalue weighted by atomic mass is 10.2. The molecule has 3 heterocycles. The molecule has 4 aromatic rings. The van der Waals surface area contributed by atoms with Crippen LogP contribution in [0.15, 0.2) is 60.9 Å². The number of benzene rings is 1. The van der Waals surface area contributed by atoms with Crippen LogP contribution < -0.4 is 5.32 Å². The number of anilines is 2. The molecule has 0 spiro atoms. The summed E-state index contributed by atoms with van der Waals surface area (Å²) in [5.41, 5.74) is 4.06. The maximum Gasteiger partial charge on any atom is 0.178 e. The minimum absolute atomic E-state index is 0.657. The molecule has 0 aliphatic rings. The van der Waals surface area contributed by atoms with Crippen LogP contribution in [0, 0.1) is 6.92 Å². The van der Waals surface area contributed by atoms with Gasteiger partial charge in [-0.1, -0.05) is 12.1 Å². The molecule has 1 N–H and O–H groups in total. The van der Waals surface area contributed by atoms with E-state index in [-0.39, 0.29) is 0 Å². The van der Waals surface area contributed by atoms with E-state index in [1.54, 1.807) is 16.9 Å². The number of nitrogens with zero attached hydrogens (tertiary/aromatic N) is 5. The average Bonchev–Trinajstić information content (AvgIpc) is 2.98. The Morgan fingerprint density at radius 1 is 1.00 bits per heavy atom. The molecule has 6 heteroatoms. The molecule has 0 radical (unpaired) electrons. The predicted octanol–water partition coefficient (Wildman–Crippen LogP) is 3.16. The zero-order valence-electron chi connectivity index (χ0n) is 13.2. The van der Waals surface area contributed by atoms with E-state index in [0.29, 0.717) is 6.42 Å². The number of rotatable bonds is 4. The van der Waals surface area contributed by atoms with Gasteiger partial charge >= 0.3 is 0 Å². The van der Waals surface area contributed by atoms with Crippen molar-refractivity contribution >= 4 is 17.2 Å². The Bertz CT molecular complexity index is 977. The number of aromatic nitrogens is 5. The first-order valence-corrected chi connectivity index (χ1v) is 7.72. The standard InChI is InChI=1S/C18H16N6/c1-13-3-2-4-15(11-13)20-16-5-6-17-21-22-18(24(17)23-16)12-14-7-9-19-10-8-14/h2-11H,12H2,1H3,(H,20,23). The number of fused-ring (bicyclic) bond motifs is 1. The van der Waals surface area contributed by atoms with Gasteiger partial charge < -0.3 is 5.32 Å². The first-order chi connectivity index (χ1) is 11.8. The molecular weight excluding hydrogens is 300 g/mol. The highest BCUT2D eigenvalue weighted by Crippen LogP contribution is 2.17. The molecule has 0 aliphatic carbocycles. The molecule has 0 atom stereocenters. The Labute approximate surface area is 139 Å². The lowest BCUT2D eigenvalue weighted by Crippen LogP contribution is -2.03. The highest BCUT2D eigenvalue weighted by molar-refractivity contribution is 5.57. The quantitative estimate of drug-likeness (QED) is 0.626. The van der Waals surface area contributed by atoms with Crippen LogP contribution in [-0.2, 0) is 6.42 Å². The first-order valence-electron chi connectivity index (χ1n) is 7.72. The third-order valence-corrected chi connectivity index (χ3v) is 3.73. The smallest absolute Gasteiger partial charge is 0.178 e. The molecule has 6 nitrogen and oxygen atoms in total. The van der Waals surface area contributed by atoms with Gasteiger partial charge in [0.15, 0.2) is 17.3 Å². The van der Waals surface area contributed by atoms with Crippen molar-refractivity contribution in [3.63, 3.8) is 0 Å². The minimum atomic E-state index is 0.657. The zero-order chi connectivity index (χ0) is 16.4. The van der Waals surface area contributed by atoms with Gasteiger partial charge in [0.1, 0.15) is 0 Å². The van der Waals surface area contributed by atoms with Gasteiger partial charge in [0, 0.05) is 24.5 Å². The second-order valence-corrected chi connectivity index (χ2v) is 5.63. The molecule has 0 unspecified atom stereocenters. The van der Waals surface area contributed by atoms with Gasteiger partial charge in [0.2, 0.25) is 0 Å². The Hall–Kier alpha value is -3.28. The van der Waals surface area contributed by atoms with Crippen LogP contribution in [0.3, 0.4) is 0 Å². The number of nitrogens with one attached hydrogen (secondary N) is 1. The van der Waals surface area contributed by atoms with Crippen LogP contribution in [-0.4, -0.2) is 24.8 Å². The fourth-order valence-corrected chi connectivity index (χ4v) is 2.56. The van der Waals surface area contributed by atoms with E-state index in [0.717, 1.165) is 28.5 Å². The summed E-state index contributed by atoms with van der Waals surface area (Å²) in [6.07, 6.45) is 4.21. The largest absolute Gasteiger partial charge is 0.339 e. The van der Waals surface area contributed by atoms with E-state index in [9.17, 15) is 0 Å². The molecule has 0 fully saturated rings. The monoisotopic (exact) mass is 316 g/mol. The van der Waals surface area contributed by atoms with Crippen molar-refractivity contribution in [2.24, 2.45) is 0 Å². The van der Waals surface area contributed by atoms with Gasteiger partial charge in [-0.05, 0) is 54.4 Å². The van der Waals surface area contributed by atoms with E-state index in [4.69, 9.17) is 0 Å². The highest BCUT2D eigenvalue weighted by atomic mass is 15.4. The SMILES string of the molecule is Cc1cccc(Nc2ccc3nnc(Cc4ccncc4)n3n2)c1. The molecule has 0 saturated carbocycles. The molecule has 3 aromatic heterocycles. The van der Waals surface area contributed by atoms with Gasteiger partial charge in [-0.15, -0.1) is 15.3 Å². The predicted molar refractivity (Wildman–Crippen MR) is 92.3 cm³/mol. The zero-order valence-corrected chi connectivity index (χ0v) is 13.2. The Morgan fingerprint density at radius 2 is 1.88 bits per heavy atom. The van der Waals surface area contributed by atoms with Gasteiger partial charge in [0.05, 0.1) is 0 Å². The number of aryl methyl sites for hydroxylation is 1. The third-order valence-electron chi connectivity index (χ3n) is 3.73. The summed E-state index contributed by atoms with van der Waals surface area (Å²) >= 11 is 0. The van der Waals surface area contributed by atoms with Crippen molar-refractivity contribution in [2.75, 3.05) is 5.32 Å². The number of pyridine rings is 1. The van der Waals surface area contributed by atoms with Gasteiger partial charge in [-0.3, -0.25) is 4.98 Å². The van der Waals surface area contributed by atoms with Crippen molar-refractivity contribution in [3.05, 3.63) is 77.9 Å². The van der Waals surface area contributed by atoms with E-state index < -0.39 is 0 Å². The van der Waals surface area contributed by atoms with Crippen LogP contribution in [0.4, 0.5) is 11.5 Å². The maximum atomic E-state index is 4.62. The summed E-state index contributed by atoms with van der Waals surface area (Å²) < 4.78 is 1.78. The molecule has 0 saturated heterocycles. The van der Waals surface area contributed by atoms with E-state index in [2.05, 4.69) is 44.7 Å². The number of hydrogen-bond acceptors (Lipinski definition) is 5. The van der Waals surface area contributed by atoms with Crippen LogP contribution in [0.2, 0.25) is 0 Å². The molecule has 0 amide bonds. The summed E-state index contributed by atoms with van der Waals surface area (Å²) in [6.45, 7) is 2.06. The van der Waals surface area contributed by atoms with Gasteiger partial charge in [-0.25, -0.2) is 0 Å². The Balaban J connectivity index is 1.65. The summed E-state index contributed by atoms with van der Waals surface area (Å²) in [7, 11) is 0. The molecule has 24 heavy (non-hydrogen) atoms. The van der Waals surface area contributed by atoms with Crippen molar-refractivity contribution < 1.29 is 0 Å². The van der Waals surface area contributed by atoms with Crippen molar-refractivity contribution in [3.8, 4) is 0 Å². The van der Waals surface area contributed by atoms with Gasteiger partial charge in [-0.2, -0.15) is 4.52 Å². The lowest BCUT2D eigenvalue weighted by molar-refractivity contribution is 0.841. The highest BCUT2D eigenvalue weighted by Gasteiger charge is 2.08. The molecular formula is C18H16N6.